The molecule has 0 aliphatic heterocycles. The molecule has 1 aliphatic rings. The second kappa shape index (κ2) is 4.41. The Morgan fingerprint density at radius 1 is 1.67 bits per heavy atom. The Bertz CT molecular complexity index is 377. The number of hydrogen-bond acceptors (Lipinski definition) is 3. The van der Waals surface area contributed by atoms with Gasteiger partial charge >= 0.3 is 0 Å². The second-order valence-electron chi connectivity index (χ2n) is 4.17. The highest BCUT2D eigenvalue weighted by Gasteiger charge is 2.27. The third-order valence-electron chi connectivity index (χ3n) is 2.90. The first kappa shape index (κ1) is 10.1. The SMILES string of the molecule is CC(NCc1ccnc(C#N)c1)C1CC1. The van der Waals surface area contributed by atoms with Crippen LogP contribution in [0.5, 0.6) is 0 Å². The van der Waals surface area contributed by atoms with E-state index in [1.54, 1.807) is 6.20 Å². The van der Waals surface area contributed by atoms with Crippen molar-refractivity contribution in [2.24, 2.45) is 5.92 Å². The van der Waals surface area contributed by atoms with E-state index < -0.39 is 0 Å². The van der Waals surface area contributed by atoms with Gasteiger partial charge in [0.15, 0.2) is 0 Å². The molecule has 0 spiro atoms. The standard InChI is InChI=1S/C12H15N3/c1-9(11-2-3-11)15-8-10-4-5-14-12(6-10)7-13/h4-6,9,11,15H,2-3,8H2,1H3. The van der Waals surface area contributed by atoms with Gasteiger partial charge in [-0.2, -0.15) is 5.26 Å². The average molecular weight is 201 g/mol. The molecule has 15 heavy (non-hydrogen) atoms. The van der Waals surface area contributed by atoms with Gasteiger partial charge in [0, 0.05) is 18.8 Å². The van der Waals surface area contributed by atoms with E-state index in [2.05, 4.69) is 23.3 Å². The fraction of sp³-hybridized carbons (Fsp3) is 0.500. The molecule has 1 unspecified atom stereocenters. The van der Waals surface area contributed by atoms with Crippen LogP contribution in [0.25, 0.3) is 0 Å². The number of nitrogens with one attached hydrogen (secondary N) is 1. The summed E-state index contributed by atoms with van der Waals surface area (Å²) in [6.45, 7) is 3.05. The number of hydrogen-bond donors (Lipinski definition) is 1. The Morgan fingerprint density at radius 2 is 2.47 bits per heavy atom. The van der Waals surface area contributed by atoms with E-state index in [0.29, 0.717) is 11.7 Å². The lowest BCUT2D eigenvalue weighted by molar-refractivity contribution is 0.496. The van der Waals surface area contributed by atoms with Gasteiger partial charge in [0.25, 0.3) is 0 Å². The zero-order valence-electron chi connectivity index (χ0n) is 8.90. The first-order valence-electron chi connectivity index (χ1n) is 5.38. The molecule has 0 saturated heterocycles. The molecule has 3 nitrogen and oxygen atoms in total. The summed E-state index contributed by atoms with van der Waals surface area (Å²) in [4.78, 5) is 3.94. The van der Waals surface area contributed by atoms with Crippen LogP contribution in [-0.4, -0.2) is 11.0 Å². The van der Waals surface area contributed by atoms with Crippen LogP contribution in [-0.2, 0) is 6.54 Å². The van der Waals surface area contributed by atoms with Crippen LogP contribution < -0.4 is 5.32 Å². The minimum atomic E-state index is 0.494. The third-order valence-corrected chi connectivity index (χ3v) is 2.90. The van der Waals surface area contributed by atoms with Crippen LogP contribution in [0, 0.1) is 17.2 Å². The fourth-order valence-corrected chi connectivity index (χ4v) is 1.69. The van der Waals surface area contributed by atoms with E-state index in [-0.39, 0.29) is 0 Å². The molecule has 0 amide bonds. The number of pyridine rings is 1. The summed E-state index contributed by atoms with van der Waals surface area (Å²) in [6.07, 6.45) is 4.40. The molecule has 0 bridgehead atoms. The largest absolute Gasteiger partial charge is 0.310 e. The van der Waals surface area contributed by atoms with Crippen LogP contribution in [0.3, 0.4) is 0 Å². The lowest BCUT2D eigenvalue weighted by atomic mass is 10.2. The second-order valence-corrected chi connectivity index (χ2v) is 4.17. The summed E-state index contributed by atoms with van der Waals surface area (Å²) < 4.78 is 0. The highest BCUT2D eigenvalue weighted by molar-refractivity contribution is 5.25. The molecule has 1 N–H and O–H groups in total. The van der Waals surface area contributed by atoms with Crippen molar-refractivity contribution < 1.29 is 0 Å². The predicted octanol–water partition coefficient (Wildman–Crippen LogP) is 1.84. The molecule has 2 rings (SSSR count). The van der Waals surface area contributed by atoms with Gasteiger partial charge in [-0.15, -0.1) is 0 Å². The van der Waals surface area contributed by atoms with E-state index in [1.165, 1.54) is 12.8 Å². The van der Waals surface area contributed by atoms with Crippen molar-refractivity contribution in [1.82, 2.24) is 10.3 Å². The first-order chi connectivity index (χ1) is 7.29. The lowest BCUT2D eigenvalue weighted by Crippen LogP contribution is -2.27. The molecule has 1 heterocycles. The molecule has 1 aromatic heterocycles. The van der Waals surface area contributed by atoms with Crippen molar-refractivity contribution in [3.05, 3.63) is 29.6 Å². The predicted molar refractivity (Wildman–Crippen MR) is 58.0 cm³/mol. The van der Waals surface area contributed by atoms with Crippen molar-refractivity contribution in [2.75, 3.05) is 0 Å². The van der Waals surface area contributed by atoms with E-state index in [0.717, 1.165) is 18.0 Å². The molecular weight excluding hydrogens is 186 g/mol. The summed E-state index contributed by atoms with van der Waals surface area (Å²) in [5.74, 6) is 0.863. The molecule has 1 saturated carbocycles. The third kappa shape index (κ3) is 2.77. The molecule has 78 valence electrons. The van der Waals surface area contributed by atoms with Gasteiger partial charge in [-0.1, -0.05) is 0 Å². The lowest BCUT2D eigenvalue weighted by Gasteiger charge is -2.12. The van der Waals surface area contributed by atoms with Gasteiger partial charge < -0.3 is 5.32 Å². The van der Waals surface area contributed by atoms with Crippen molar-refractivity contribution in [2.45, 2.75) is 32.4 Å². The number of nitrogens with zero attached hydrogens (tertiary/aromatic N) is 2. The topological polar surface area (TPSA) is 48.7 Å². The zero-order chi connectivity index (χ0) is 10.7. The number of nitriles is 1. The van der Waals surface area contributed by atoms with Gasteiger partial charge in [0.1, 0.15) is 11.8 Å². The van der Waals surface area contributed by atoms with E-state index in [9.17, 15) is 0 Å². The van der Waals surface area contributed by atoms with E-state index >= 15 is 0 Å². The maximum atomic E-state index is 8.70. The Kier molecular flexibility index (Phi) is 2.98. The molecule has 1 aromatic rings. The highest BCUT2D eigenvalue weighted by Crippen LogP contribution is 2.32. The summed E-state index contributed by atoms with van der Waals surface area (Å²) in [5, 5.41) is 12.2. The smallest absolute Gasteiger partial charge is 0.140 e. The van der Waals surface area contributed by atoms with Gasteiger partial charge in [0.05, 0.1) is 0 Å². The number of rotatable bonds is 4. The van der Waals surface area contributed by atoms with Gasteiger partial charge in [0.2, 0.25) is 0 Å². The Balaban J connectivity index is 1.89. The highest BCUT2D eigenvalue weighted by atomic mass is 14.9. The first-order valence-corrected chi connectivity index (χ1v) is 5.38. The Hall–Kier alpha value is -1.40. The Morgan fingerprint density at radius 3 is 3.13 bits per heavy atom. The minimum absolute atomic E-state index is 0.494. The zero-order valence-corrected chi connectivity index (χ0v) is 8.90. The minimum Gasteiger partial charge on any atom is -0.310 e. The van der Waals surface area contributed by atoms with E-state index in [1.807, 2.05) is 12.1 Å². The molecule has 1 aliphatic carbocycles. The van der Waals surface area contributed by atoms with Crippen molar-refractivity contribution >= 4 is 0 Å². The van der Waals surface area contributed by atoms with Crippen LogP contribution in [0.2, 0.25) is 0 Å². The van der Waals surface area contributed by atoms with Gasteiger partial charge in [-0.05, 0) is 43.4 Å². The summed E-state index contributed by atoms with van der Waals surface area (Å²) in [6, 6.07) is 6.43. The van der Waals surface area contributed by atoms with Crippen LogP contribution in [0.15, 0.2) is 18.3 Å². The molecule has 1 atom stereocenters. The van der Waals surface area contributed by atoms with Gasteiger partial charge in [-0.3, -0.25) is 0 Å². The van der Waals surface area contributed by atoms with Gasteiger partial charge in [-0.25, -0.2) is 4.98 Å². The molecule has 1 fully saturated rings. The fourth-order valence-electron chi connectivity index (χ4n) is 1.69. The molecular formula is C12H15N3. The maximum absolute atomic E-state index is 8.70. The van der Waals surface area contributed by atoms with Crippen LogP contribution in [0.1, 0.15) is 31.0 Å². The van der Waals surface area contributed by atoms with E-state index in [4.69, 9.17) is 5.26 Å². The maximum Gasteiger partial charge on any atom is 0.140 e. The van der Waals surface area contributed by atoms with Crippen molar-refractivity contribution in [1.29, 1.82) is 5.26 Å². The monoisotopic (exact) mass is 201 g/mol. The normalized spacial score (nSPS) is 17.1. The molecule has 0 radical (unpaired) electrons. The van der Waals surface area contributed by atoms with Crippen LogP contribution in [0.4, 0.5) is 0 Å². The quantitative estimate of drug-likeness (QED) is 0.808. The molecule has 3 heteroatoms. The summed E-state index contributed by atoms with van der Waals surface area (Å²) in [5.41, 5.74) is 1.63. The Labute approximate surface area is 90.1 Å². The van der Waals surface area contributed by atoms with Crippen molar-refractivity contribution in [3.8, 4) is 6.07 Å². The summed E-state index contributed by atoms with van der Waals surface area (Å²) in [7, 11) is 0. The number of aromatic nitrogens is 1. The average Bonchev–Trinajstić information content (AvgIpc) is 3.10. The summed E-state index contributed by atoms with van der Waals surface area (Å²) >= 11 is 0. The van der Waals surface area contributed by atoms with Crippen molar-refractivity contribution in [3.63, 3.8) is 0 Å². The molecule has 0 aromatic carbocycles. The van der Waals surface area contributed by atoms with Crippen LogP contribution >= 0.6 is 0 Å².